The summed E-state index contributed by atoms with van der Waals surface area (Å²) in [6, 6.07) is 22.7. The zero-order valence-corrected chi connectivity index (χ0v) is 18.8. The van der Waals surface area contributed by atoms with Crippen LogP contribution in [0.3, 0.4) is 0 Å². The second kappa shape index (κ2) is 8.96. The number of hydrogen-bond acceptors (Lipinski definition) is 4. The van der Waals surface area contributed by atoms with Crippen molar-refractivity contribution in [3.05, 3.63) is 95.8 Å². The quantitative estimate of drug-likeness (QED) is 0.452. The van der Waals surface area contributed by atoms with Gasteiger partial charge in [0.1, 0.15) is 5.82 Å². The molecule has 4 rings (SSSR count). The van der Waals surface area contributed by atoms with Gasteiger partial charge in [-0.1, -0.05) is 48.5 Å². The second-order valence-electron chi connectivity index (χ2n) is 7.67. The average molecular weight is 448 g/mol. The molecule has 0 aliphatic heterocycles. The summed E-state index contributed by atoms with van der Waals surface area (Å²) in [6.45, 7) is 4.64. The molecule has 0 fully saturated rings. The summed E-state index contributed by atoms with van der Waals surface area (Å²) in [4.78, 5) is 17.8. The number of carbonyl (C=O) groups is 1. The average Bonchev–Trinajstić information content (AvgIpc) is 3.18. The maximum absolute atomic E-state index is 12.9. The summed E-state index contributed by atoms with van der Waals surface area (Å²) in [5.41, 5.74) is 2.89. The fraction of sp³-hybridized carbons (Fsp3) is 0.200. The minimum atomic E-state index is -3.57. The normalized spacial score (nSPS) is 12.6. The maximum atomic E-state index is 12.9. The highest BCUT2D eigenvalue weighted by molar-refractivity contribution is 7.90. The number of fused-ring (bicyclic) bond motifs is 1. The fourth-order valence-corrected chi connectivity index (χ4v) is 5.20. The third-order valence-corrected chi connectivity index (χ3v) is 7.08. The van der Waals surface area contributed by atoms with Crippen LogP contribution in [0, 0.1) is 0 Å². The van der Waals surface area contributed by atoms with Gasteiger partial charge in [0.2, 0.25) is 0 Å². The summed E-state index contributed by atoms with van der Waals surface area (Å²) < 4.78 is 27.8. The number of aryl methyl sites for hydroxylation is 1. The molecular formula is C25H25N3O3S. The number of carbonyl (C=O) groups excluding carboxylic acids is 1. The van der Waals surface area contributed by atoms with Gasteiger partial charge in [-0.25, -0.2) is 13.4 Å². The Balaban J connectivity index is 1.56. The van der Waals surface area contributed by atoms with Crippen LogP contribution in [0.4, 0.5) is 0 Å². The first kappa shape index (κ1) is 21.8. The highest BCUT2D eigenvalue weighted by Crippen LogP contribution is 2.22. The van der Waals surface area contributed by atoms with Crippen molar-refractivity contribution < 1.29 is 13.2 Å². The second-order valence-corrected chi connectivity index (χ2v) is 9.66. The largest absolute Gasteiger partial charge is 0.342 e. The molecule has 32 heavy (non-hydrogen) atoms. The van der Waals surface area contributed by atoms with Crippen LogP contribution in [0.15, 0.2) is 83.8 Å². The summed E-state index contributed by atoms with van der Waals surface area (Å²) in [5, 5.41) is 2.96. The van der Waals surface area contributed by atoms with Gasteiger partial charge in [0, 0.05) is 12.1 Å². The van der Waals surface area contributed by atoms with Crippen LogP contribution in [0.25, 0.3) is 11.0 Å². The first-order valence-electron chi connectivity index (χ1n) is 10.5. The van der Waals surface area contributed by atoms with Gasteiger partial charge in [-0.05, 0) is 49.7 Å². The molecule has 0 aliphatic carbocycles. The zero-order chi connectivity index (χ0) is 22.7. The molecule has 7 heteroatoms. The third-order valence-electron chi connectivity index (χ3n) is 5.39. The van der Waals surface area contributed by atoms with Crippen LogP contribution in [0.5, 0.6) is 0 Å². The maximum Gasteiger partial charge on any atom is 0.251 e. The van der Waals surface area contributed by atoms with E-state index in [2.05, 4.69) is 14.9 Å². The molecule has 3 aromatic carbocycles. The monoisotopic (exact) mass is 447 g/mol. The molecule has 0 bridgehead atoms. The van der Waals surface area contributed by atoms with E-state index in [4.69, 9.17) is 0 Å². The standard InChI is InChI=1S/C25H25N3O3S/c1-3-28-23-15-8-7-14-22(23)27-24(28)18(2)26-25(29)20-12-9-13-21(16-20)32(30,31)17-19-10-5-4-6-11-19/h4-16,18H,3,17H2,1-2H3,(H,26,29). The van der Waals surface area contributed by atoms with E-state index in [0.717, 1.165) is 23.4 Å². The van der Waals surface area contributed by atoms with Crippen molar-refractivity contribution >= 4 is 26.8 Å². The predicted molar refractivity (Wildman–Crippen MR) is 125 cm³/mol. The fourth-order valence-electron chi connectivity index (χ4n) is 3.81. The van der Waals surface area contributed by atoms with E-state index in [9.17, 15) is 13.2 Å². The van der Waals surface area contributed by atoms with E-state index in [1.54, 1.807) is 36.4 Å². The minimum Gasteiger partial charge on any atom is -0.342 e. The lowest BCUT2D eigenvalue weighted by molar-refractivity contribution is 0.0937. The molecule has 1 amide bonds. The molecule has 0 saturated heterocycles. The van der Waals surface area contributed by atoms with Crippen LogP contribution < -0.4 is 5.32 Å². The molecule has 6 nitrogen and oxygen atoms in total. The Morgan fingerprint density at radius 1 is 1.00 bits per heavy atom. The Bertz CT molecular complexity index is 1360. The van der Waals surface area contributed by atoms with E-state index < -0.39 is 9.84 Å². The lowest BCUT2D eigenvalue weighted by Crippen LogP contribution is -2.28. The SMILES string of the molecule is CCn1c(C(C)NC(=O)c2cccc(S(=O)(=O)Cc3ccccc3)c2)nc2ccccc21. The Morgan fingerprint density at radius 3 is 2.47 bits per heavy atom. The number of nitrogens with one attached hydrogen (secondary N) is 1. The number of sulfone groups is 1. The number of hydrogen-bond donors (Lipinski definition) is 1. The topological polar surface area (TPSA) is 81.1 Å². The van der Waals surface area contributed by atoms with Gasteiger partial charge in [-0.15, -0.1) is 0 Å². The van der Waals surface area contributed by atoms with Crippen molar-refractivity contribution in [2.45, 2.75) is 37.1 Å². The molecule has 1 unspecified atom stereocenters. The molecule has 4 aromatic rings. The van der Waals surface area contributed by atoms with Crippen LogP contribution >= 0.6 is 0 Å². The number of nitrogens with zero attached hydrogens (tertiary/aromatic N) is 2. The van der Waals surface area contributed by atoms with E-state index in [1.807, 2.05) is 44.2 Å². The van der Waals surface area contributed by atoms with Crippen molar-refractivity contribution in [1.29, 1.82) is 0 Å². The minimum absolute atomic E-state index is 0.115. The number of aromatic nitrogens is 2. The summed E-state index contributed by atoms with van der Waals surface area (Å²) >= 11 is 0. The van der Waals surface area contributed by atoms with Crippen LogP contribution in [0.1, 0.15) is 41.6 Å². The van der Waals surface area contributed by atoms with Gasteiger partial charge in [0.05, 0.1) is 27.7 Å². The van der Waals surface area contributed by atoms with Crippen molar-refractivity contribution in [3.8, 4) is 0 Å². The summed E-state index contributed by atoms with van der Waals surface area (Å²) in [7, 11) is -3.57. The van der Waals surface area contributed by atoms with Gasteiger partial charge >= 0.3 is 0 Å². The number of amides is 1. The Labute approximate surface area is 187 Å². The van der Waals surface area contributed by atoms with Gasteiger partial charge in [0.15, 0.2) is 9.84 Å². The number of rotatable bonds is 7. The van der Waals surface area contributed by atoms with E-state index in [-0.39, 0.29) is 22.6 Å². The van der Waals surface area contributed by atoms with Crippen molar-refractivity contribution in [2.75, 3.05) is 0 Å². The summed E-state index contributed by atoms with van der Waals surface area (Å²) in [6.07, 6.45) is 0. The van der Waals surface area contributed by atoms with E-state index >= 15 is 0 Å². The molecule has 1 heterocycles. The number of imidazole rings is 1. The van der Waals surface area contributed by atoms with E-state index in [1.165, 1.54) is 12.1 Å². The lowest BCUT2D eigenvalue weighted by Gasteiger charge is -2.16. The number of para-hydroxylation sites is 2. The molecule has 164 valence electrons. The Morgan fingerprint density at radius 2 is 1.72 bits per heavy atom. The Kier molecular flexibility index (Phi) is 6.10. The number of benzene rings is 3. The van der Waals surface area contributed by atoms with Gasteiger partial charge < -0.3 is 9.88 Å². The van der Waals surface area contributed by atoms with E-state index in [0.29, 0.717) is 11.1 Å². The molecule has 1 atom stereocenters. The van der Waals surface area contributed by atoms with Crippen molar-refractivity contribution in [2.24, 2.45) is 0 Å². The molecule has 0 aliphatic rings. The molecule has 1 aromatic heterocycles. The van der Waals surface area contributed by atoms with Gasteiger partial charge in [-0.2, -0.15) is 0 Å². The molecule has 0 radical (unpaired) electrons. The summed E-state index contributed by atoms with van der Waals surface area (Å²) in [5.74, 6) is 0.300. The highest BCUT2D eigenvalue weighted by Gasteiger charge is 2.21. The van der Waals surface area contributed by atoms with Crippen LogP contribution in [-0.2, 0) is 22.1 Å². The zero-order valence-electron chi connectivity index (χ0n) is 18.0. The van der Waals surface area contributed by atoms with Gasteiger partial charge in [-0.3, -0.25) is 4.79 Å². The third kappa shape index (κ3) is 4.43. The highest BCUT2D eigenvalue weighted by atomic mass is 32.2. The smallest absolute Gasteiger partial charge is 0.251 e. The Hall–Kier alpha value is -3.45. The lowest BCUT2D eigenvalue weighted by atomic mass is 10.2. The molecular weight excluding hydrogens is 422 g/mol. The molecule has 0 saturated carbocycles. The van der Waals surface area contributed by atoms with Crippen molar-refractivity contribution in [3.63, 3.8) is 0 Å². The van der Waals surface area contributed by atoms with Crippen molar-refractivity contribution in [1.82, 2.24) is 14.9 Å². The van der Waals surface area contributed by atoms with Gasteiger partial charge in [0.25, 0.3) is 5.91 Å². The van der Waals surface area contributed by atoms with Crippen LogP contribution in [0.2, 0.25) is 0 Å². The first-order valence-corrected chi connectivity index (χ1v) is 12.2. The first-order chi connectivity index (χ1) is 15.4. The van der Waals surface area contributed by atoms with Crippen LogP contribution in [-0.4, -0.2) is 23.9 Å². The predicted octanol–water partition coefficient (Wildman–Crippen LogP) is 4.52. The molecule has 1 N–H and O–H groups in total. The molecule has 0 spiro atoms.